The number of hydrogen-bond acceptors (Lipinski definition) is 1. The van der Waals surface area contributed by atoms with Crippen molar-refractivity contribution in [1.82, 2.24) is 9.47 Å². The summed E-state index contributed by atoms with van der Waals surface area (Å²) < 4.78 is 15.3. The van der Waals surface area contributed by atoms with Crippen molar-refractivity contribution in [3.8, 4) is 0 Å². The van der Waals surface area contributed by atoms with Gasteiger partial charge in [0.1, 0.15) is 5.82 Å². The van der Waals surface area contributed by atoms with Crippen molar-refractivity contribution in [3.63, 3.8) is 0 Å². The van der Waals surface area contributed by atoms with E-state index in [9.17, 15) is 9.18 Å². The van der Waals surface area contributed by atoms with Crippen LogP contribution in [-0.4, -0.2) is 29.5 Å². The Morgan fingerprint density at radius 2 is 1.74 bits per heavy atom. The maximum absolute atomic E-state index is 13.3. The van der Waals surface area contributed by atoms with E-state index in [-0.39, 0.29) is 11.7 Å². The standard InChI is InChI=1S/C19H19FN2O/c1-21(2)19(23)18(13-8-10-14(20)11-9-13)16-12-22(3)17-7-5-4-6-15(16)17/h4-12,18H,1-3H3. The number of aryl methyl sites for hydroxylation is 1. The molecule has 2 aromatic carbocycles. The van der Waals surface area contributed by atoms with Gasteiger partial charge in [-0.25, -0.2) is 4.39 Å². The molecule has 0 aliphatic carbocycles. The zero-order valence-corrected chi connectivity index (χ0v) is 13.5. The van der Waals surface area contributed by atoms with Crippen LogP contribution in [0.25, 0.3) is 10.9 Å². The Morgan fingerprint density at radius 1 is 1.09 bits per heavy atom. The minimum absolute atomic E-state index is 0.0204. The zero-order chi connectivity index (χ0) is 16.6. The Hall–Kier alpha value is -2.62. The summed E-state index contributed by atoms with van der Waals surface area (Å²) in [6, 6.07) is 14.2. The molecule has 4 heteroatoms. The summed E-state index contributed by atoms with van der Waals surface area (Å²) in [6.07, 6.45) is 1.99. The van der Waals surface area contributed by atoms with E-state index in [1.54, 1.807) is 31.1 Å². The summed E-state index contributed by atoms with van der Waals surface area (Å²) in [5.41, 5.74) is 2.80. The zero-order valence-electron chi connectivity index (χ0n) is 13.5. The Morgan fingerprint density at radius 3 is 2.39 bits per heavy atom. The first kappa shape index (κ1) is 15.3. The van der Waals surface area contributed by atoms with E-state index < -0.39 is 5.92 Å². The molecule has 0 aliphatic rings. The Kier molecular flexibility index (Phi) is 3.90. The van der Waals surface area contributed by atoms with E-state index in [0.29, 0.717) is 0 Å². The van der Waals surface area contributed by atoms with Gasteiger partial charge in [0.2, 0.25) is 5.91 Å². The number of nitrogens with zero attached hydrogens (tertiary/aromatic N) is 2. The number of halogens is 1. The normalized spacial score (nSPS) is 12.3. The predicted octanol–water partition coefficient (Wildman–Crippen LogP) is 3.54. The topological polar surface area (TPSA) is 25.2 Å². The first-order valence-electron chi connectivity index (χ1n) is 7.49. The largest absolute Gasteiger partial charge is 0.350 e. The van der Waals surface area contributed by atoms with Crippen LogP contribution in [0.1, 0.15) is 17.0 Å². The molecule has 118 valence electrons. The van der Waals surface area contributed by atoms with E-state index in [0.717, 1.165) is 22.0 Å². The fourth-order valence-corrected chi connectivity index (χ4v) is 2.97. The van der Waals surface area contributed by atoms with Crippen LogP contribution in [0.3, 0.4) is 0 Å². The van der Waals surface area contributed by atoms with Crippen LogP contribution in [0.15, 0.2) is 54.7 Å². The van der Waals surface area contributed by atoms with Crippen LogP contribution in [0.2, 0.25) is 0 Å². The monoisotopic (exact) mass is 310 g/mol. The van der Waals surface area contributed by atoms with Crippen LogP contribution in [0, 0.1) is 5.82 Å². The van der Waals surface area contributed by atoms with Gasteiger partial charge in [0.05, 0.1) is 5.92 Å². The third kappa shape index (κ3) is 2.72. The third-order valence-electron chi connectivity index (χ3n) is 4.13. The van der Waals surface area contributed by atoms with Gasteiger partial charge in [-0.1, -0.05) is 30.3 Å². The van der Waals surface area contributed by atoms with Crippen molar-refractivity contribution in [2.45, 2.75) is 5.92 Å². The molecule has 1 heterocycles. The lowest BCUT2D eigenvalue weighted by molar-refractivity contribution is -0.129. The summed E-state index contributed by atoms with van der Waals surface area (Å²) in [6.45, 7) is 0. The molecule has 0 saturated carbocycles. The van der Waals surface area contributed by atoms with Gasteiger partial charge < -0.3 is 9.47 Å². The molecular weight excluding hydrogens is 291 g/mol. The highest BCUT2D eigenvalue weighted by molar-refractivity contribution is 5.94. The number of aromatic nitrogens is 1. The van der Waals surface area contributed by atoms with Gasteiger partial charge in [-0.05, 0) is 29.3 Å². The third-order valence-corrected chi connectivity index (χ3v) is 4.13. The number of carbonyl (C=O) groups excluding carboxylic acids is 1. The highest BCUT2D eigenvalue weighted by Crippen LogP contribution is 2.33. The lowest BCUT2D eigenvalue weighted by atomic mass is 9.90. The number of benzene rings is 2. The predicted molar refractivity (Wildman–Crippen MR) is 89.9 cm³/mol. The number of amides is 1. The van der Waals surface area contributed by atoms with Gasteiger partial charge in [0.25, 0.3) is 0 Å². The quantitative estimate of drug-likeness (QED) is 0.726. The van der Waals surface area contributed by atoms with Crippen LogP contribution in [-0.2, 0) is 11.8 Å². The first-order valence-corrected chi connectivity index (χ1v) is 7.49. The van der Waals surface area contributed by atoms with Crippen LogP contribution < -0.4 is 0 Å². The second-order valence-corrected chi connectivity index (χ2v) is 5.93. The molecule has 1 unspecified atom stereocenters. The fourth-order valence-electron chi connectivity index (χ4n) is 2.97. The van der Waals surface area contributed by atoms with E-state index in [1.165, 1.54) is 12.1 Å². The van der Waals surface area contributed by atoms with Crippen molar-refractivity contribution in [1.29, 1.82) is 0 Å². The summed E-state index contributed by atoms with van der Waals surface area (Å²) in [7, 11) is 5.45. The van der Waals surface area contributed by atoms with Gasteiger partial charge in [-0.3, -0.25) is 4.79 Å². The van der Waals surface area contributed by atoms with Gasteiger partial charge in [0.15, 0.2) is 0 Å². The molecule has 23 heavy (non-hydrogen) atoms. The molecule has 0 fully saturated rings. The van der Waals surface area contributed by atoms with E-state index >= 15 is 0 Å². The summed E-state index contributed by atoms with van der Waals surface area (Å²) in [5, 5.41) is 1.04. The highest BCUT2D eigenvalue weighted by atomic mass is 19.1. The second-order valence-electron chi connectivity index (χ2n) is 5.93. The summed E-state index contributed by atoms with van der Waals surface area (Å²) in [5.74, 6) is -0.771. The summed E-state index contributed by atoms with van der Waals surface area (Å²) in [4.78, 5) is 14.4. The second kappa shape index (κ2) is 5.88. The SMILES string of the molecule is CN(C)C(=O)C(c1ccc(F)cc1)c1cn(C)c2ccccc12. The number of fused-ring (bicyclic) bond motifs is 1. The van der Waals surface area contributed by atoms with E-state index in [4.69, 9.17) is 0 Å². The number of rotatable bonds is 3. The molecule has 1 aromatic heterocycles. The number of para-hydroxylation sites is 1. The molecule has 3 nitrogen and oxygen atoms in total. The van der Waals surface area contributed by atoms with Gasteiger partial charge >= 0.3 is 0 Å². The maximum Gasteiger partial charge on any atom is 0.234 e. The van der Waals surface area contributed by atoms with Crippen LogP contribution in [0.5, 0.6) is 0 Å². The summed E-state index contributed by atoms with van der Waals surface area (Å²) >= 11 is 0. The highest BCUT2D eigenvalue weighted by Gasteiger charge is 2.27. The molecule has 0 N–H and O–H groups in total. The molecule has 0 spiro atoms. The minimum atomic E-state index is -0.448. The van der Waals surface area contributed by atoms with Gasteiger partial charge in [-0.2, -0.15) is 0 Å². The molecular formula is C19H19FN2O. The molecule has 3 rings (SSSR count). The number of carbonyl (C=O) groups is 1. The average Bonchev–Trinajstić information content (AvgIpc) is 2.87. The molecule has 1 atom stereocenters. The van der Waals surface area contributed by atoms with Crippen molar-refractivity contribution in [2.75, 3.05) is 14.1 Å². The lowest BCUT2D eigenvalue weighted by Crippen LogP contribution is -2.28. The smallest absolute Gasteiger partial charge is 0.234 e. The van der Waals surface area contributed by atoms with E-state index in [2.05, 4.69) is 0 Å². The molecule has 0 saturated heterocycles. The lowest BCUT2D eigenvalue weighted by Gasteiger charge is -2.21. The van der Waals surface area contributed by atoms with Crippen LogP contribution >= 0.6 is 0 Å². The number of likely N-dealkylation sites (N-methyl/N-ethyl adjacent to an activating group) is 1. The van der Waals surface area contributed by atoms with Crippen molar-refractivity contribution < 1.29 is 9.18 Å². The molecule has 0 bridgehead atoms. The Balaban J connectivity index is 2.22. The Labute approximate surface area is 135 Å². The average molecular weight is 310 g/mol. The Bertz CT molecular complexity index is 849. The maximum atomic E-state index is 13.3. The molecule has 0 radical (unpaired) electrons. The van der Waals surface area contributed by atoms with E-state index in [1.807, 2.05) is 42.1 Å². The van der Waals surface area contributed by atoms with Crippen molar-refractivity contribution >= 4 is 16.8 Å². The van der Waals surface area contributed by atoms with Gasteiger partial charge in [0, 0.05) is 38.2 Å². The molecule has 0 aliphatic heterocycles. The molecule has 3 aromatic rings. The molecule has 1 amide bonds. The van der Waals surface area contributed by atoms with Crippen molar-refractivity contribution in [2.24, 2.45) is 7.05 Å². The first-order chi connectivity index (χ1) is 11.0. The van der Waals surface area contributed by atoms with Gasteiger partial charge in [-0.15, -0.1) is 0 Å². The number of hydrogen-bond donors (Lipinski definition) is 0. The minimum Gasteiger partial charge on any atom is -0.350 e. The van der Waals surface area contributed by atoms with Crippen LogP contribution in [0.4, 0.5) is 4.39 Å². The van der Waals surface area contributed by atoms with Crippen molar-refractivity contribution in [3.05, 3.63) is 71.7 Å². The fraction of sp³-hybridized carbons (Fsp3) is 0.211.